The molecular weight excluding hydrogens is 294 g/mol. The maximum absolute atomic E-state index is 5.91. The summed E-state index contributed by atoms with van der Waals surface area (Å²) in [6.45, 7) is 6.29. The van der Waals surface area contributed by atoms with Gasteiger partial charge in [0.05, 0.1) is 25.8 Å². The predicted octanol–water partition coefficient (Wildman–Crippen LogP) is -2.61. The summed E-state index contributed by atoms with van der Waals surface area (Å²) in [5.74, 6) is 2.23. The summed E-state index contributed by atoms with van der Waals surface area (Å²) in [4.78, 5) is 1.50. The topological polar surface area (TPSA) is 106 Å². The molecule has 23 heavy (non-hydrogen) atoms. The minimum atomic E-state index is 0.419. The summed E-state index contributed by atoms with van der Waals surface area (Å²) < 4.78 is 13.3. The number of piperazine rings is 1. The first-order chi connectivity index (χ1) is 11.1. The van der Waals surface area contributed by atoms with Gasteiger partial charge in [-0.3, -0.25) is 16.0 Å². The number of nitrogens with two attached hydrogens (primary N) is 2. The molecule has 1 fully saturated rings. The number of ether oxygens (including phenoxy) is 2. The van der Waals surface area contributed by atoms with E-state index in [-0.39, 0.29) is 0 Å². The number of nitrogens with one attached hydrogen (secondary N) is 1. The first-order valence-corrected chi connectivity index (χ1v) is 8.19. The molecule has 8 N–H and O–H groups in total. The van der Waals surface area contributed by atoms with E-state index in [4.69, 9.17) is 20.9 Å². The van der Waals surface area contributed by atoms with E-state index >= 15 is 0 Å². The van der Waals surface area contributed by atoms with Gasteiger partial charge in [-0.2, -0.15) is 0 Å². The molecule has 7 nitrogen and oxygen atoms in total. The van der Waals surface area contributed by atoms with E-state index in [2.05, 4.69) is 11.8 Å². The smallest absolute Gasteiger partial charge is 0.341 e. The Balaban J connectivity index is 2.03. The van der Waals surface area contributed by atoms with Crippen molar-refractivity contribution in [1.82, 2.24) is 0 Å². The zero-order valence-corrected chi connectivity index (χ0v) is 14.0. The van der Waals surface area contributed by atoms with Crippen molar-refractivity contribution in [2.24, 2.45) is 11.5 Å². The fourth-order valence-electron chi connectivity index (χ4n) is 2.77. The zero-order valence-electron chi connectivity index (χ0n) is 14.0. The number of hydrogen-bond acceptors (Lipinski definition) is 2. The molecule has 1 heterocycles. The van der Waals surface area contributed by atoms with E-state index < -0.39 is 0 Å². The van der Waals surface area contributed by atoms with Crippen LogP contribution in [0, 0.1) is 0 Å². The Bertz CT molecular complexity index is 533. The van der Waals surface area contributed by atoms with Crippen LogP contribution < -0.4 is 31.6 Å². The van der Waals surface area contributed by atoms with Gasteiger partial charge in [0.1, 0.15) is 44.2 Å². The van der Waals surface area contributed by atoms with Crippen LogP contribution in [0.5, 0.6) is 11.5 Å². The lowest BCUT2D eigenvalue weighted by Gasteiger charge is -2.26. The van der Waals surface area contributed by atoms with Crippen molar-refractivity contribution in [3.05, 3.63) is 23.8 Å². The van der Waals surface area contributed by atoms with Crippen LogP contribution in [0.15, 0.2) is 18.2 Å². The van der Waals surface area contributed by atoms with Gasteiger partial charge in [0, 0.05) is 6.42 Å². The lowest BCUT2D eigenvalue weighted by atomic mass is 10.1. The number of benzene rings is 1. The molecule has 0 amide bonds. The van der Waals surface area contributed by atoms with Gasteiger partial charge in [-0.05, 0) is 18.2 Å². The molecule has 1 aromatic carbocycles. The summed E-state index contributed by atoms with van der Waals surface area (Å²) >= 11 is 0. The average molecular weight is 324 g/mol. The molecule has 0 spiro atoms. The molecule has 0 bridgehead atoms. The van der Waals surface area contributed by atoms with Crippen molar-refractivity contribution in [3.63, 3.8) is 0 Å². The van der Waals surface area contributed by atoms with Crippen LogP contribution in [0.1, 0.15) is 12.0 Å². The zero-order chi connectivity index (χ0) is 16.7. The molecule has 1 aliphatic heterocycles. The van der Waals surface area contributed by atoms with Crippen LogP contribution in [0.25, 0.3) is 0 Å². The molecular formula is C16H30N5O2+3. The van der Waals surface area contributed by atoms with E-state index in [1.807, 2.05) is 16.7 Å². The molecule has 0 saturated carbocycles. The number of nitrogens with zero attached hydrogens (tertiary/aromatic N) is 1. The highest BCUT2D eigenvalue weighted by molar-refractivity contribution is 5.70. The lowest BCUT2D eigenvalue weighted by Crippen LogP contribution is -3.13. The van der Waals surface area contributed by atoms with E-state index in [0.29, 0.717) is 12.6 Å². The predicted molar refractivity (Wildman–Crippen MR) is 88.6 cm³/mol. The number of hydrogen-bond donors (Lipinski definition) is 4. The first kappa shape index (κ1) is 17.4. The minimum absolute atomic E-state index is 0.419. The van der Waals surface area contributed by atoms with Crippen LogP contribution in [-0.2, 0) is 6.54 Å². The second-order valence-corrected chi connectivity index (χ2v) is 5.87. The number of methoxy groups -OCH3 is 1. The van der Waals surface area contributed by atoms with Crippen LogP contribution in [-0.4, -0.2) is 57.0 Å². The van der Waals surface area contributed by atoms with Crippen molar-refractivity contribution in [3.8, 4) is 11.5 Å². The van der Waals surface area contributed by atoms with Crippen LogP contribution >= 0.6 is 0 Å². The molecule has 1 saturated heterocycles. The van der Waals surface area contributed by atoms with Crippen LogP contribution in [0.3, 0.4) is 0 Å². The van der Waals surface area contributed by atoms with Crippen molar-refractivity contribution < 1.29 is 24.7 Å². The van der Waals surface area contributed by atoms with Crippen molar-refractivity contribution in [2.75, 3.05) is 46.4 Å². The Hall–Kier alpha value is -1.99. The first-order valence-electron chi connectivity index (χ1n) is 8.19. The van der Waals surface area contributed by atoms with E-state index in [1.165, 1.54) is 10.5 Å². The molecule has 7 heteroatoms. The highest BCUT2D eigenvalue weighted by atomic mass is 16.5. The fourth-order valence-corrected chi connectivity index (χ4v) is 2.77. The van der Waals surface area contributed by atoms with Gasteiger partial charge >= 0.3 is 5.96 Å². The van der Waals surface area contributed by atoms with Gasteiger partial charge in [-0.1, -0.05) is 0 Å². The highest BCUT2D eigenvalue weighted by Crippen LogP contribution is 2.23. The highest BCUT2D eigenvalue weighted by Gasteiger charge is 2.21. The molecule has 0 atom stereocenters. The minimum Gasteiger partial charge on any atom is -0.497 e. The van der Waals surface area contributed by atoms with E-state index in [1.54, 1.807) is 7.11 Å². The van der Waals surface area contributed by atoms with Crippen molar-refractivity contribution in [1.29, 1.82) is 0 Å². The summed E-state index contributed by atoms with van der Waals surface area (Å²) in [6.07, 6.45) is 0.961. The van der Waals surface area contributed by atoms with Crippen molar-refractivity contribution in [2.45, 2.75) is 13.0 Å². The Morgan fingerprint density at radius 1 is 1.30 bits per heavy atom. The summed E-state index contributed by atoms with van der Waals surface area (Å²) in [7, 11) is 1.69. The second-order valence-electron chi connectivity index (χ2n) is 5.87. The van der Waals surface area contributed by atoms with Gasteiger partial charge in [-0.15, -0.1) is 0 Å². The molecule has 1 aromatic rings. The van der Waals surface area contributed by atoms with E-state index in [9.17, 15) is 0 Å². The van der Waals surface area contributed by atoms with Crippen LogP contribution in [0.4, 0.5) is 0 Å². The van der Waals surface area contributed by atoms with Gasteiger partial charge in [0.2, 0.25) is 0 Å². The SMILES string of the molecule is COc1ccc(OCCC[NH3+])c(C[NH+]2CC[N+](=C(N)N)CC2)c1. The third kappa shape index (κ3) is 5.01. The summed E-state index contributed by atoms with van der Waals surface area (Å²) in [6, 6.07) is 6.02. The Labute approximate surface area is 137 Å². The van der Waals surface area contributed by atoms with Crippen molar-refractivity contribution >= 4 is 5.96 Å². The molecule has 2 rings (SSSR count). The monoisotopic (exact) mass is 324 g/mol. The third-order valence-electron chi connectivity index (χ3n) is 4.20. The second kappa shape index (κ2) is 8.59. The molecule has 128 valence electrons. The Morgan fingerprint density at radius 3 is 2.65 bits per heavy atom. The standard InChI is InChI=1S/C16H27N5O2/c1-22-14-3-4-15(23-10-2-5-17)13(11-14)12-20-6-8-21(9-7-20)16(18)19/h3-4,11H,2,5-10,12,17H2,1H3,(H3,18,19)/p+3. The van der Waals surface area contributed by atoms with Gasteiger partial charge < -0.3 is 20.1 Å². The molecule has 0 unspecified atom stereocenters. The largest absolute Gasteiger partial charge is 0.497 e. The van der Waals surface area contributed by atoms with E-state index in [0.717, 1.165) is 57.2 Å². The average Bonchev–Trinajstić information content (AvgIpc) is 2.56. The van der Waals surface area contributed by atoms with Crippen LogP contribution in [0.2, 0.25) is 0 Å². The number of rotatable bonds is 7. The maximum Gasteiger partial charge on any atom is 0.341 e. The normalized spacial score (nSPS) is 17.8. The number of guanidine groups is 1. The third-order valence-corrected chi connectivity index (χ3v) is 4.20. The lowest BCUT2D eigenvalue weighted by molar-refractivity contribution is -0.944. The quantitative estimate of drug-likeness (QED) is 0.250. The molecule has 0 aromatic heterocycles. The van der Waals surface area contributed by atoms with Gasteiger partial charge in [-0.25, -0.2) is 0 Å². The fraction of sp³-hybridized carbons (Fsp3) is 0.562. The molecule has 0 aliphatic carbocycles. The summed E-state index contributed by atoms with van der Waals surface area (Å²) in [5, 5.41) is 0. The molecule has 0 radical (unpaired) electrons. The van der Waals surface area contributed by atoms with Gasteiger partial charge in [0.25, 0.3) is 0 Å². The Kier molecular flexibility index (Phi) is 6.49. The van der Waals surface area contributed by atoms with Gasteiger partial charge in [0.15, 0.2) is 0 Å². The number of quaternary nitrogens is 2. The Morgan fingerprint density at radius 2 is 2.04 bits per heavy atom. The maximum atomic E-state index is 5.91. The molecule has 1 aliphatic rings. The summed E-state index contributed by atoms with van der Waals surface area (Å²) in [5.41, 5.74) is 16.4.